The van der Waals surface area contributed by atoms with Gasteiger partial charge in [0, 0.05) is 23.3 Å². The number of rotatable bonds is 3. The molecule has 0 aliphatic rings. The minimum absolute atomic E-state index is 0.0756. The van der Waals surface area contributed by atoms with Crippen molar-refractivity contribution in [1.82, 2.24) is 10.6 Å². The topological polar surface area (TPSA) is 53.2 Å². The van der Waals surface area contributed by atoms with Crippen LogP contribution < -0.4 is 16.0 Å². The Labute approximate surface area is 120 Å². The van der Waals surface area contributed by atoms with E-state index in [0.717, 1.165) is 12.2 Å². The number of nitrogens with one attached hydrogen (secondary N) is 3. The van der Waals surface area contributed by atoms with Gasteiger partial charge in [-0.3, -0.25) is 4.79 Å². The van der Waals surface area contributed by atoms with Crippen LogP contribution in [0.4, 0.5) is 5.69 Å². The maximum Gasteiger partial charge on any atom is 0.251 e. The van der Waals surface area contributed by atoms with Gasteiger partial charge in [0.2, 0.25) is 0 Å². The highest BCUT2D eigenvalue weighted by Crippen LogP contribution is 2.10. The van der Waals surface area contributed by atoms with Gasteiger partial charge in [0.25, 0.3) is 5.91 Å². The van der Waals surface area contributed by atoms with E-state index in [1.54, 1.807) is 12.1 Å². The van der Waals surface area contributed by atoms with Crippen LogP contribution in [0.5, 0.6) is 0 Å². The van der Waals surface area contributed by atoms with Gasteiger partial charge in [0.05, 0.1) is 0 Å². The average Bonchev–Trinajstić information content (AvgIpc) is 2.27. The van der Waals surface area contributed by atoms with Crippen LogP contribution in [-0.4, -0.2) is 23.1 Å². The van der Waals surface area contributed by atoms with E-state index in [4.69, 9.17) is 12.2 Å². The molecular weight excluding hydrogens is 258 g/mol. The van der Waals surface area contributed by atoms with Gasteiger partial charge in [-0.15, -0.1) is 0 Å². The van der Waals surface area contributed by atoms with E-state index in [9.17, 15) is 4.79 Å². The molecule has 3 N–H and O–H groups in total. The molecule has 0 unspecified atom stereocenters. The number of amides is 1. The van der Waals surface area contributed by atoms with Crippen molar-refractivity contribution < 1.29 is 4.79 Å². The maximum absolute atomic E-state index is 11.9. The second-order valence-corrected chi connectivity index (χ2v) is 5.67. The SMILES string of the molecule is CCNC(=S)Nc1ccc(C(=O)NC(C)(C)C)cc1. The van der Waals surface area contributed by atoms with E-state index in [2.05, 4.69) is 16.0 Å². The Balaban J connectivity index is 2.66. The number of benzene rings is 1. The molecule has 19 heavy (non-hydrogen) atoms. The predicted octanol–water partition coefficient (Wildman–Crippen LogP) is 2.52. The number of thiocarbonyl (C=S) groups is 1. The Morgan fingerprint density at radius 1 is 1.21 bits per heavy atom. The molecule has 0 aromatic heterocycles. The summed E-state index contributed by atoms with van der Waals surface area (Å²) < 4.78 is 0. The lowest BCUT2D eigenvalue weighted by molar-refractivity contribution is 0.0919. The van der Waals surface area contributed by atoms with Crippen molar-refractivity contribution >= 4 is 28.9 Å². The molecular formula is C14H21N3OS. The molecule has 0 aliphatic carbocycles. The van der Waals surface area contributed by atoms with Crippen molar-refractivity contribution in [3.8, 4) is 0 Å². The zero-order valence-electron chi connectivity index (χ0n) is 11.8. The molecule has 0 atom stereocenters. The molecule has 104 valence electrons. The molecule has 1 rings (SSSR count). The molecule has 0 heterocycles. The third kappa shape index (κ3) is 5.70. The summed E-state index contributed by atoms with van der Waals surface area (Å²) in [6.45, 7) is 8.62. The second kappa shape index (κ2) is 6.52. The zero-order valence-corrected chi connectivity index (χ0v) is 12.6. The Hall–Kier alpha value is -1.62. The Bertz CT molecular complexity index is 449. The summed E-state index contributed by atoms with van der Waals surface area (Å²) in [6.07, 6.45) is 0. The molecule has 1 aromatic rings. The fourth-order valence-electron chi connectivity index (χ4n) is 1.45. The Morgan fingerprint density at radius 2 is 1.79 bits per heavy atom. The minimum atomic E-state index is -0.235. The van der Waals surface area contributed by atoms with Crippen molar-refractivity contribution in [3.63, 3.8) is 0 Å². The molecule has 5 heteroatoms. The number of hydrogen-bond acceptors (Lipinski definition) is 2. The van der Waals surface area contributed by atoms with Crippen molar-refractivity contribution in [1.29, 1.82) is 0 Å². The van der Waals surface area contributed by atoms with Crippen molar-refractivity contribution in [2.75, 3.05) is 11.9 Å². The van der Waals surface area contributed by atoms with E-state index in [0.29, 0.717) is 10.7 Å². The first kappa shape index (κ1) is 15.4. The summed E-state index contributed by atoms with van der Waals surface area (Å²) in [4.78, 5) is 11.9. The third-order valence-electron chi connectivity index (χ3n) is 2.23. The minimum Gasteiger partial charge on any atom is -0.363 e. The monoisotopic (exact) mass is 279 g/mol. The number of anilines is 1. The van der Waals surface area contributed by atoms with Crippen molar-refractivity contribution in [2.24, 2.45) is 0 Å². The standard InChI is InChI=1S/C14H21N3OS/c1-5-15-13(19)16-11-8-6-10(7-9-11)12(18)17-14(2,3)4/h6-9H,5H2,1-4H3,(H,17,18)(H2,15,16,19). The van der Waals surface area contributed by atoms with Gasteiger partial charge >= 0.3 is 0 Å². The van der Waals surface area contributed by atoms with Crippen LogP contribution in [0, 0.1) is 0 Å². The summed E-state index contributed by atoms with van der Waals surface area (Å²) in [7, 11) is 0. The first-order valence-corrected chi connectivity index (χ1v) is 6.70. The highest BCUT2D eigenvalue weighted by Gasteiger charge is 2.14. The normalized spacial score (nSPS) is 10.7. The summed E-state index contributed by atoms with van der Waals surface area (Å²) in [5, 5.41) is 9.55. The van der Waals surface area contributed by atoms with Gasteiger partial charge in [-0.1, -0.05) is 0 Å². The van der Waals surface area contributed by atoms with Crippen molar-refractivity contribution in [2.45, 2.75) is 33.2 Å². The lowest BCUT2D eigenvalue weighted by Crippen LogP contribution is -2.40. The van der Waals surface area contributed by atoms with Crippen LogP contribution in [0.3, 0.4) is 0 Å². The molecule has 0 bridgehead atoms. The number of carbonyl (C=O) groups excluding carboxylic acids is 1. The van der Waals surface area contributed by atoms with Gasteiger partial charge in [-0.25, -0.2) is 0 Å². The smallest absolute Gasteiger partial charge is 0.251 e. The third-order valence-corrected chi connectivity index (χ3v) is 2.48. The van der Waals surface area contributed by atoms with Gasteiger partial charge in [0.15, 0.2) is 5.11 Å². The largest absolute Gasteiger partial charge is 0.363 e. The maximum atomic E-state index is 11.9. The predicted molar refractivity (Wildman–Crippen MR) is 83.6 cm³/mol. The van der Waals surface area contributed by atoms with Crippen LogP contribution in [0.1, 0.15) is 38.1 Å². The van der Waals surface area contributed by atoms with Crippen molar-refractivity contribution in [3.05, 3.63) is 29.8 Å². The molecule has 0 saturated carbocycles. The average molecular weight is 279 g/mol. The van der Waals surface area contributed by atoms with Gasteiger partial charge in [-0.2, -0.15) is 0 Å². The zero-order chi connectivity index (χ0) is 14.5. The lowest BCUT2D eigenvalue weighted by atomic mass is 10.1. The molecule has 0 aliphatic heterocycles. The van der Waals surface area contributed by atoms with Crippen LogP contribution in [0.25, 0.3) is 0 Å². The molecule has 0 fully saturated rings. The van der Waals surface area contributed by atoms with E-state index in [1.807, 2.05) is 39.8 Å². The van der Waals surface area contributed by atoms with E-state index in [-0.39, 0.29) is 11.4 Å². The van der Waals surface area contributed by atoms with E-state index < -0.39 is 0 Å². The summed E-state index contributed by atoms with van der Waals surface area (Å²) in [5.41, 5.74) is 1.26. The highest BCUT2D eigenvalue weighted by atomic mass is 32.1. The van der Waals surface area contributed by atoms with Crippen LogP contribution >= 0.6 is 12.2 Å². The number of carbonyl (C=O) groups is 1. The van der Waals surface area contributed by atoms with Crippen LogP contribution in [-0.2, 0) is 0 Å². The highest BCUT2D eigenvalue weighted by molar-refractivity contribution is 7.80. The molecule has 1 amide bonds. The summed E-state index contributed by atoms with van der Waals surface area (Å²) in [6, 6.07) is 7.22. The van der Waals surface area contributed by atoms with E-state index in [1.165, 1.54) is 0 Å². The summed E-state index contributed by atoms with van der Waals surface area (Å²) in [5.74, 6) is -0.0756. The molecule has 0 radical (unpaired) electrons. The lowest BCUT2D eigenvalue weighted by Gasteiger charge is -2.20. The quantitative estimate of drug-likeness (QED) is 0.744. The van der Waals surface area contributed by atoms with E-state index >= 15 is 0 Å². The Kier molecular flexibility index (Phi) is 5.30. The first-order chi connectivity index (χ1) is 8.81. The van der Waals surface area contributed by atoms with Gasteiger partial charge < -0.3 is 16.0 Å². The van der Waals surface area contributed by atoms with Crippen LogP contribution in [0.2, 0.25) is 0 Å². The molecule has 1 aromatic carbocycles. The van der Waals surface area contributed by atoms with Gasteiger partial charge in [-0.05, 0) is 64.2 Å². The fraction of sp³-hybridized carbons (Fsp3) is 0.429. The molecule has 0 saturated heterocycles. The van der Waals surface area contributed by atoms with Gasteiger partial charge in [0.1, 0.15) is 0 Å². The first-order valence-electron chi connectivity index (χ1n) is 6.29. The molecule has 4 nitrogen and oxygen atoms in total. The molecule has 0 spiro atoms. The summed E-state index contributed by atoms with van der Waals surface area (Å²) >= 11 is 5.09. The Morgan fingerprint density at radius 3 is 2.26 bits per heavy atom. The van der Waals surface area contributed by atoms with Crippen LogP contribution in [0.15, 0.2) is 24.3 Å². The second-order valence-electron chi connectivity index (χ2n) is 5.27. The fourth-order valence-corrected chi connectivity index (χ4v) is 1.72. The number of hydrogen-bond donors (Lipinski definition) is 3.